The fourth-order valence-electron chi connectivity index (χ4n) is 3.07. The lowest BCUT2D eigenvalue weighted by Gasteiger charge is -2.10. The predicted molar refractivity (Wildman–Crippen MR) is 106 cm³/mol. The number of carbonyl (C=O) groups excluding carboxylic acids is 1. The molecule has 0 fully saturated rings. The molecule has 0 unspecified atom stereocenters. The molecule has 4 aromatic rings. The van der Waals surface area contributed by atoms with Crippen molar-refractivity contribution < 1.29 is 9.18 Å². The molecule has 0 aliphatic carbocycles. The molecule has 6 nitrogen and oxygen atoms in total. The number of imidazole rings is 1. The third-order valence-electron chi connectivity index (χ3n) is 4.50. The fourth-order valence-corrected chi connectivity index (χ4v) is 3.07. The van der Waals surface area contributed by atoms with Crippen molar-refractivity contribution >= 4 is 17.1 Å². The summed E-state index contributed by atoms with van der Waals surface area (Å²) in [6, 6.07) is 18.3. The van der Waals surface area contributed by atoms with Crippen molar-refractivity contribution in [2.75, 3.05) is 6.54 Å². The van der Waals surface area contributed by atoms with Crippen molar-refractivity contribution in [1.29, 1.82) is 5.26 Å². The van der Waals surface area contributed by atoms with Crippen LogP contribution in [0.1, 0.15) is 15.9 Å². The zero-order chi connectivity index (χ0) is 20.2. The number of benzene rings is 2. The second-order valence-corrected chi connectivity index (χ2v) is 6.39. The standard InChI is InChI=1S/C22H16FN5O/c23-18-9-7-16(8-10-18)20-27-19-2-1-11-25-21(19)28(20)13-12-26-22(29)17-5-3-15(14-24)4-6-17/h1-11H,12-13H2,(H,26,29). The van der Waals surface area contributed by atoms with Crippen LogP contribution in [0.25, 0.3) is 22.6 Å². The van der Waals surface area contributed by atoms with Gasteiger partial charge in [0.2, 0.25) is 0 Å². The van der Waals surface area contributed by atoms with Crippen molar-refractivity contribution in [2.24, 2.45) is 0 Å². The molecule has 2 aromatic carbocycles. The van der Waals surface area contributed by atoms with E-state index in [1.165, 1.54) is 12.1 Å². The molecule has 1 amide bonds. The fraction of sp³-hybridized carbons (Fsp3) is 0.0909. The summed E-state index contributed by atoms with van der Waals surface area (Å²) in [6.07, 6.45) is 1.68. The van der Waals surface area contributed by atoms with Gasteiger partial charge in [-0.3, -0.25) is 4.79 Å². The van der Waals surface area contributed by atoms with E-state index >= 15 is 0 Å². The summed E-state index contributed by atoms with van der Waals surface area (Å²) < 4.78 is 15.2. The number of nitrogens with zero attached hydrogens (tertiary/aromatic N) is 4. The Morgan fingerprint density at radius 3 is 2.59 bits per heavy atom. The van der Waals surface area contributed by atoms with E-state index in [-0.39, 0.29) is 11.7 Å². The van der Waals surface area contributed by atoms with E-state index in [2.05, 4.69) is 15.3 Å². The van der Waals surface area contributed by atoms with Gasteiger partial charge < -0.3 is 9.88 Å². The van der Waals surface area contributed by atoms with Gasteiger partial charge in [0.25, 0.3) is 5.91 Å². The topological polar surface area (TPSA) is 83.6 Å². The van der Waals surface area contributed by atoms with Crippen molar-refractivity contribution in [3.05, 3.63) is 83.8 Å². The van der Waals surface area contributed by atoms with Crippen molar-refractivity contribution in [1.82, 2.24) is 19.9 Å². The zero-order valence-electron chi connectivity index (χ0n) is 15.3. The van der Waals surface area contributed by atoms with Crippen LogP contribution in [0.4, 0.5) is 4.39 Å². The van der Waals surface area contributed by atoms with Gasteiger partial charge in [-0.1, -0.05) is 0 Å². The third kappa shape index (κ3) is 3.82. The Balaban J connectivity index is 1.55. The highest BCUT2D eigenvalue weighted by molar-refractivity contribution is 5.94. The zero-order valence-corrected chi connectivity index (χ0v) is 15.3. The summed E-state index contributed by atoms with van der Waals surface area (Å²) >= 11 is 0. The van der Waals surface area contributed by atoms with Crippen molar-refractivity contribution in [3.63, 3.8) is 0 Å². The molecule has 7 heteroatoms. The number of pyridine rings is 1. The Hall–Kier alpha value is -4.05. The van der Waals surface area contributed by atoms with E-state index in [1.54, 1.807) is 48.7 Å². The maximum absolute atomic E-state index is 13.3. The van der Waals surface area contributed by atoms with E-state index in [0.717, 1.165) is 11.1 Å². The molecule has 29 heavy (non-hydrogen) atoms. The Bertz CT molecular complexity index is 1210. The predicted octanol–water partition coefficient (Wildman–Crippen LogP) is 3.54. The van der Waals surface area contributed by atoms with E-state index in [9.17, 15) is 9.18 Å². The van der Waals surface area contributed by atoms with Gasteiger partial charge in [0.1, 0.15) is 17.2 Å². The molecule has 0 saturated heterocycles. The Morgan fingerprint density at radius 2 is 1.86 bits per heavy atom. The normalized spacial score (nSPS) is 10.6. The molecule has 1 N–H and O–H groups in total. The second-order valence-electron chi connectivity index (χ2n) is 6.39. The number of amides is 1. The highest BCUT2D eigenvalue weighted by atomic mass is 19.1. The van der Waals surface area contributed by atoms with Crippen LogP contribution in [0.2, 0.25) is 0 Å². The van der Waals surface area contributed by atoms with Gasteiger partial charge in [-0.15, -0.1) is 0 Å². The van der Waals surface area contributed by atoms with Gasteiger partial charge in [0.05, 0.1) is 11.6 Å². The molecule has 0 aliphatic rings. The Labute approximate surface area is 166 Å². The van der Waals surface area contributed by atoms with E-state index < -0.39 is 0 Å². The van der Waals surface area contributed by atoms with Crippen LogP contribution in [0.15, 0.2) is 66.9 Å². The van der Waals surface area contributed by atoms with E-state index in [0.29, 0.717) is 35.7 Å². The lowest BCUT2D eigenvalue weighted by atomic mass is 10.1. The average Bonchev–Trinajstić information content (AvgIpc) is 3.13. The average molecular weight is 385 g/mol. The number of nitriles is 1. The minimum absolute atomic E-state index is 0.227. The van der Waals surface area contributed by atoms with Gasteiger partial charge in [-0.25, -0.2) is 14.4 Å². The van der Waals surface area contributed by atoms with Crippen LogP contribution in [-0.2, 0) is 6.54 Å². The molecule has 2 aromatic heterocycles. The third-order valence-corrected chi connectivity index (χ3v) is 4.50. The van der Waals surface area contributed by atoms with Crippen LogP contribution in [0, 0.1) is 17.1 Å². The number of aromatic nitrogens is 3. The monoisotopic (exact) mass is 385 g/mol. The van der Waals surface area contributed by atoms with Crippen molar-refractivity contribution in [2.45, 2.75) is 6.54 Å². The molecule has 0 bridgehead atoms. The Morgan fingerprint density at radius 1 is 1.10 bits per heavy atom. The molecule has 0 spiro atoms. The van der Waals surface area contributed by atoms with Crippen LogP contribution in [0.5, 0.6) is 0 Å². The largest absolute Gasteiger partial charge is 0.350 e. The molecule has 2 heterocycles. The maximum atomic E-state index is 13.3. The SMILES string of the molecule is N#Cc1ccc(C(=O)NCCn2c(-c3ccc(F)cc3)nc3cccnc32)cc1. The molecule has 142 valence electrons. The molecule has 0 saturated carbocycles. The van der Waals surface area contributed by atoms with Crippen LogP contribution in [-0.4, -0.2) is 27.0 Å². The molecule has 0 aliphatic heterocycles. The molecule has 0 atom stereocenters. The van der Waals surface area contributed by atoms with Gasteiger partial charge >= 0.3 is 0 Å². The highest BCUT2D eigenvalue weighted by Gasteiger charge is 2.14. The number of nitrogens with one attached hydrogen (secondary N) is 1. The molecular formula is C22H16FN5O. The summed E-state index contributed by atoms with van der Waals surface area (Å²) in [6.45, 7) is 0.803. The maximum Gasteiger partial charge on any atom is 0.251 e. The van der Waals surface area contributed by atoms with E-state index in [1.807, 2.05) is 16.7 Å². The first-order valence-electron chi connectivity index (χ1n) is 9.01. The Kier molecular flexibility index (Phi) is 4.99. The van der Waals surface area contributed by atoms with Gasteiger partial charge in [0.15, 0.2) is 5.65 Å². The van der Waals surface area contributed by atoms with Crippen LogP contribution in [0.3, 0.4) is 0 Å². The quantitative estimate of drug-likeness (QED) is 0.570. The van der Waals surface area contributed by atoms with Crippen LogP contribution < -0.4 is 5.32 Å². The lowest BCUT2D eigenvalue weighted by Crippen LogP contribution is -2.27. The first kappa shape index (κ1) is 18.3. The summed E-state index contributed by atoms with van der Waals surface area (Å²) in [5, 5.41) is 11.7. The summed E-state index contributed by atoms with van der Waals surface area (Å²) in [5.74, 6) is 0.116. The number of fused-ring (bicyclic) bond motifs is 1. The smallest absolute Gasteiger partial charge is 0.251 e. The highest BCUT2D eigenvalue weighted by Crippen LogP contribution is 2.23. The first-order chi connectivity index (χ1) is 14.2. The van der Waals surface area contributed by atoms with E-state index in [4.69, 9.17) is 5.26 Å². The second kappa shape index (κ2) is 7.90. The lowest BCUT2D eigenvalue weighted by molar-refractivity contribution is 0.0952. The van der Waals surface area contributed by atoms with Crippen molar-refractivity contribution in [3.8, 4) is 17.5 Å². The first-order valence-corrected chi connectivity index (χ1v) is 9.01. The molecule has 0 radical (unpaired) electrons. The number of hydrogen-bond acceptors (Lipinski definition) is 4. The van der Waals surface area contributed by atoms with Gasteiger partial charge in [-0.2, -0.15) is 5.26 Å². The summed E-state index contributed by atoms with van der Waals surface area (Å²) in [7, 11) is 0. The number of halogens is 1. The minimum Gasteiger partial charge on any atom is -0.350 e. The number of carbonyl (C=O) groups is 1. The molecule has 4 rings (SSSR count). The van der Waals surface area contributed by atoms with Gasteiger partial charge in [-0.05, 0) is 60.7 Å². The summed E-state index contributed by atoms with van der Waals surface area (Å²) in [5.41, 5.74) is 3.17. The van der Waals surface area contributed by atoms with Gasteiger partial charge in [0, 0.05) is 30.4 Å². The number of rotatable bonds is 5. The summed E-state index contributed by atoms with van der Waals surface area (Å²) in [4.78, 5) is 21.4. The van der Waals surface area contributed by atoms with Crippen LogP contribution >= 0.6 is 0 Å². The minimum atomic E-state index is -0.316. The number of hydrogen-bond donors (Lipinski definition) is 1. The molecular weight excluding hydrogens is 369 g/mol.